The second-order valence-electron chi connectivity index (χ2n) is 6.58. The quantitative estimate of drug-likeness (QED) is 0.518. The summed E-state index contributed by atoms with van der Waals surface area (Å²) in [7, 11) is -3.70. The Morgan fingerprint density at radius 2 is 1.60 bits per heavy atom. The molecule has 9 heteroatoms. The monoisotopic (exact) mass is 506 g/mol. The molecule has 0 aliphatic carbocycles. The lowest BCUT2D eigenvalue weighted by molar-refractivity contribution is -0.115. The number of carbonyl (C=O) groups excluding carboxylic acids is 1. The number of hydrogen-bond acceptors (Lipinski definition) is 4. The van der Waals surface area contributed by atoms with Gasteiger partial charge in [0.1, 0.15) is 11.2 Å². The van der Waals surface area contributed by atoms with Gasteiger partial charge in [0.2, 0.25) is 5.91 Å². The summed E-state index contributed by atoms with van der Waals surface area (Å²) < 4.78 is 41.7. The molecule has 0 bridgehead atoms. The number of hydrogen-bond donors (Lipinski definition) is 1. The number of carbonyl (C=O) groups is 1. The van der Waals surface area contributed by atoms with Gasteiger partial charge in [0.05, 0.1) is 10.6 Å². The molecule has 0 spiro atoms. The van der Waals surface area contributed by atoms with E-state index in [1.165, 1.54) is 36.0 Å². The molecule has 1 N–H and O–H groups in total. The molecule has 1 aliphatic heterocycles. The summed E-state index contributed by atoms with van der Waals surface area (Å²) in [6.07, 6.45) is 0. The number of nitrogens with one attached hydrogen (secondary N) is 1. The average molecular weight is 507 g/mol. The van der Waals surface area contributed by atoms with Gasteiger partial charge in [-0.25, -0.2) is 12.8 Å². The molecule has 0 saturated carbocycles. The molecule has 1 amide bonds. The van der Waals surface area contributed by atoms with Crippen LogP contribution in [-0.4, -0.2) is 20.1 Å². The molecule has 1 heterocycles. The first-order chi connectivity index (χ1) is 14.3. The lowest BCUT2D eigenvalue weighted by Gasteiger charge is -2.24. The van der Waals surface area contributed by atoms with Crippen LogP contribution in [0.2, 0.25) is 0 Å². The summed E-state index contributed by atoms with van der Waals surface area (Å²) in [5.41, 5.74) is 1.89. The standard InChI is InChI=1S/C21H16BrFN2O3S2/c22-15-3-11-19(12-4-15)30(27,28)24-17-7-1-14(2-8-17)21-25(20(26)13-29-21)18-9-5-16(23)6-10-18/h1-12,21,24H,13H2/t21-/m0/s1. The van der Waals surface area contributed by atoms with Crippen LogP contribution in [-0.2, 0) is 14.8 Å². The molecule has 3 aromatic rings. The van der Waals surface area contributed by atoms with Crippen molar-refractivity contribution >= 4 is 55.0 Å². The molecule has 30 heavy (non-hydrogen) atoms. The molecule has 0 radical (unpaired) electrons. The first-order valence-corrected chi connectivity index (χ1v) is 12.2. The van der Waals surface area contributed by atoms with Crippen molar-refractivity contribution in [1.29, 1.82) is 0 Å². The van der Waals surface area contributed by atoms with Crippen molar-refractivity contribution in [3.63, 3.8) is 0 Å². The Bertz CT molecular complexity index is 1170. The van der Waals surface area contributed by atoms with Crippen LogP contribution in [0.3, 0.4) is 0 Å². The third kappa shape index (κ3) is 4.38. The van der Waals surface area contributed by atoms with Gasteiger partial charge >= 0.3 is 0 Å². The van der Waals surface area contributed by atoms with Gasteiger partial charge in [0.25, 0.3) is 10.0 Å². The van der Waals surface area contributed by atoms with Crippen LogP contribution in [0.15, 0.2) is 82.2 Å². The second kappa shape index (κ2) is 8.41. The highest BCUT2D eigenvalue weighted by Crippen LogP contribution is 2.42. The van der Waals surface area contributed by atoms with Crippen molar-refractivity contribution in [3.8, 4) is 0 Å². The molecular formula is C21H16BrFN2O3S2. The Morgan fingerprint density at radius 3 is 2.23 bits per heavy atom. The number of halogens is 2. The van der Waals surface area contributed by atoms with Crippen molar-refractivity contribution in [1.82, 2.24) is 0 Å². The summed E-state index contributed by atoms with van der Waals surface area (Å²) in [5, 5.41) is -0.264. The Labute approximate surface area is 186 Å². The van der Waals surface area contributed by atoms with Crippen molar-refractivity contribution in [2.45, 2.75) is 10.3 Å². The highest BCUT2D eigenvalue weighted by atomic mass is 79.9. The van der Waals surface area contributed by atoms with E-state index in [4.69, 9.17) is 0 Å². The number of nitrogens with zero attached hydrogens (tertiary/aromatic N) is 1. The summed E-state index contributed by atoms with van der Waals surface area (Å²) in [6.45, 7) is 0. The van der Waals surface area contributed by atoms with Crippen LogP contribution >= 0.6 is 27.7 Å². The average Bonchev–Trinajstić information content (AvgIpc) is 3.11. The topological polar surface area (TPSA) is 66.5 Å². The molecule has 154 valence electrons. The van der Waals surface area contributed by atoms with Crippen LogP contribution in [0.5, 0.6) is 0 Å². The van der Waals surface area contributed by atoms with Crippen LogP contribution in [0, 0.1) is 5.82 Å². The van der Waals surface area contributed by atoms with Crippen LogP contribution in [0.25, 0.3) is 0 Å². The van der Waals surface area contributed by atoms with Gasteiger partial charge < -0.3 is 0 Å². The molecule has 3 aromatic carbocycles. The maximum absolute atomic E-state index is 13.2. The second-order valence-corrected chi connectivity index (χ2v) is 10.3. The fourth-order valence-electron chi connectivity index (χ4n) is 3.10. The Balaban J connectivity index is 1.55. The highest BCUT2D eigenvalue weighted by Gasteiger charge is 2.34. The van der Waals surface area contributed by atoms with E-state index in [-0.39, 0.29) is 22.0 Å². The number of sulfonamides is 1. The minimum absolute atomic E-state index is 0.0587. The van der Waals surface area contributed by atoms with Gasteiger partial charge in [-0.3, -0.25) is 14.4 Å². The largest absolute Gasteiger partial charge is 0.295 e. The molecule has 0 aromatic heterocycles. The molecule has 0 unspecified atom stereocenters. The maximum atomic E-state index is 13.2. The van der Waals surface area contributed by atoms with E-state index < -0.39 is 10.0 Å². The van der Waals surface area contributed by atoms with E-state index in [0.29, 0.717) is 17.1 Å². The van der Waals surface area contributed by atoms with E-state index in [9.17, 15) is 17.6 Å². The zero-order valence-corrected chi connectivity index (χ0v) is 18.7. The Hall–Kier alpha value is -2.36. The highest BCUT2D eigenvalue weighted by molar-refractivity contribution is 9.10. The van der Waals surface area contributed by atoms with E-state index in [2.05, 4.69) is 20.7 Å². The van der Waals surface area contributed by atoms with Crippen LogP contribution in [0.4, 0.5) is 15.8 Å². The number of amides is 1. The number of anilines is 2. The van der Waals surface area contributed by atoms with Crippen LogP contribution < -0.4 is 9.62 Å². The van der Waals surface area contributed by atoms with E-state index in [1.807, 2.05) is 0 Å². The van der Waals surface area contributed by atoms with Gasteiger partial charge in [0.15, 0.2) is 0 Å². The minimum atomic E-state index is -3.70. The first kappa shape index (κ1) is 20.9. The SMILES string of the molecule is O=C1CS[C@@H](c2ccc(NS(=O)(=O)c3ccc(Br)cc3)cc2)N1c1ccc(F)cc1. The van der Waals surface area contributed by atoms with Gasteiger partial charge in [0, 0.05) is 15.8 Å². The zero-order valence-electron chi connectivity index (χ0n) is 15.5. The van der Waals surface area contributed by atoms with Crippen molar-refractivity contribution < 1.29 is 17.6 Å². The molecular weight excluding hydrogens is 491 g/mol. The van der Waals surface area contributed by atoms with Crippen molar-refractivity contribution in [2.24, 2.45) is 0 Å². The summed E-state index contributed by atoms with van der Waals surface area (Å²) >= 11 is 4.75. The number of thioether (sulfide) groups is 1. The molecule has 4 rings (SSSR count). The van der Waals surface area contributed by atoms with Crippen molar-refractivity contribution in [2.75, 3.05) is 15.4 Å². The maximum Gasteiger partial charge on any atom is 0.261 e. The van der Waals surface area contributed by atoms with E-state index in [0.717, 1.165) is 10.0 Å². The predicted molar refractivity (Wildman–Crippen MR) is 120 cm³/mol. The van der Waals surface area contributed by atoms with Crippen molar-refractivity contribution in [3.05, 3.63) is 88.6 Å². The third-order valence-corrected chi connectivity index (χ3v) is 7.68. The van der Waals surface area contributed by atoms with Gasteiger partial charge in [-0.15, -0.1) is 11.8 Å². The third-order valence-electron chi connectivity index (χ3n) is 4.54. The van der Waals surface area contributed by atoms with Crippen LogP contribution in [0.1, 0.15) is 10.9 Å². The first-order valence-electron chi connectivity index (χ1n) is 8.91. The molecule has 1 saturated heterocycles. The smallest absolute Gasteiger partial charge is 0.261 e. The van der Waals surface area contributed by atoms with E-state index >= 15 is 0 Å². The fourth-order valence-corrected chi connectivity index (χ4v) is 5.60. The molecule has 1 aliphatic rings. The van der Waals surface area contributed by atoms with Gasteiger partial charge in [-0.1, -0.05) is 28.1 Å². The number of rotatable bonds is 5. The lowest BCUT2D eigenvalue weighted by atomic mass is 10.1. The normalized spacial score (nSPS) is 16.7. The molecule has 5 nitrogen and oxygen atoms in total. The summed E-state index contributed by atoms with van der Waals surface area (Å²) in [5.74, 6) is -0.103. The van der Waals surface area contributed by atoms with Gasteiger partial charge in [-0.2, -0.15) is 0 Å². The molecule has 1 atom stereocenters. The zero-order chi connectivity index (χ0) is 21.3. The summed E-state index contributed by atoms with van der Waals surface area (Å²) in [6, 6.07) is 19.1. The lowest BCUT2D eigenvalue weighted by Crippen LogP contribution is -2.27. The Morgan fingerprint density at radius 1 is 0.967 bits per heavy atom. The Kier molecular flexibility index (Phi) is 5.86. The minimum Gasteiger partial charge on any atom is -0.295 e. The summed E-state index contributed by atoms with van der Waals surface area (Å²) in [4.78, 5) is 14.2. The predicted octanol–water partition coefficient (Wildman–Crippen LogP) is 5.17. The van der Waals surface area contributed by atoms with Gasteiger partial charge in [-0.05, 0) is 66.2 Å². The fraction of sp³-hybridized carbons (Fsp3) is 0.0952. The van der Waals surface area contributed by atoms with E-state index in [1.54, 1.807) is 53.4 Å². The molecule has 1 fully saturated rings. The number of benzene rings is 3.